The Labute approximate surface area is 119 Å². The van der Waals surface area contributed by atoms with E-state index < -0.39 is 10.0 Å². The molecule has 112 valence electrons. The van der Waals surface area contributed by atoms with Gasteiger partial charge in [0.2, 0.25) is 5.09 Å². The molecule has 0 radical (unpaired) electrons. The first-order valence-electron chi connectivity index (χ1n) is 6.59. The van der Waals surface area contributed by atoms with Crippen molar-refractivity contribution in [1.82, 2.24) is 9.62 Å². The van der Waals surface area contributed by atoms with Crippen LogP contribution in [-0.2, 0) is 10.0 Å². The molecule has 0 aliphatic heterocycles. The highest BCUT2D eigenvalue weighted by Gasteiger charge is 2.32. The molecular formula is C13H20N2O4S. The summed E-state index contributed by atoms with van der Waals surface area (Å²) >= 11 is 0. The fourth-order valence-corrected chi connectivity index (χ4v) is 3.17. The summed E-state index contributed by atoms with van der Waals surface area (Å²) < 4.78 is 30.0. The topological polar surface area (TPSA) is 79.6 Å². The maximum absolute atomic E-state index is 12.1. The molecule has 2 rings (SSSR count). The van der Waals surface area contributed by atoms with Crippen molar-refractivity contribution < 1.29 is 17.6 Å². The third-order valence-electron chi connectivity index (χ3n) is 3.66. The number of hydrogen-bond acceptors (Lipinski definition) is 4. The lowest BCUT2D eigenvalue weighted by atomic mass is 10.0. The van der Waals surface area contributed by atoms with Crippen LogP contribution in [0.3, 0.4) is 0 Å². The summed E-state index contributed by atoms with van der Waals surface area (Å²) in [7, 11) is -0.818. The third kappa shape index (κ3) is 2.88. The van der Waals surface area contributed by atoms with Crippen LogP contribution >= 0.6 is 0 Å². The lowest BCUT2D eigenvalue weighted by Gasteiger charge is -2.24. The van der Waals surface area contributed by atoms with Crippen molar-refractivity contribution in [3.05, 3.63) is 17.9 Å². The smallest absolute Gasteiger partial charge is 0.287 e. The van der Waals surface area contributed by atoms with E-state index in [1.54, 1.807) is 0 Å². The van der Waals surface area contributed by atoms with E-state index in [-0.39, 0.29) is 22.3 Å². The van der Waals surface area contributed by atoms with Crippen molar-refractivity contribution in [2.45, 2.75) is 43.2 Å². The molecule has 1 amide bonds. The van der Waals surface area contributed by atoms with Crippen LogP contribution in [0.1, 0.15) is 43.2 Å². The van der Waals surface area contributed by atoms with E-state index in [0.717, 1.165) is 30.0 Å². The maximum Gasteiger partial charge on any atom is 0.287 e. The van der Waals surface area contributed by atoms with Gasteiger partial charge in [0.15, 0.2) is 5.76 Å². The van der Waals surface area contributed by atoms with Crippen LogP contribution in [0.2, 0.25) is 0 Å². The number of amides is 1. The molecule has 1 aromatic heterocycles. The van der Waals surface area contributed by atoms with Gasteiger partial charge < -0.3 is 9.73 Å². The predicted octanol–water partition coefficient (Wildman–Crippen LogP) is 1.59. The molecule has 0 aromatic carbocycles. The molecule has 1 aliphatic carbocycles. The minimum atomic E-state index is -3.65. The molecule has 1 heterocycles. The second-order valence-corrected chi connectivity index (χ2v) is 7.71. The summed E-state index contributed by atoms with van der Waals surface area (Å²) in [5, 5.41) is 2.71. The number of furan rings is 1. The van der Waals surface area contributed by atoms with Crippen molar-refractivity contribution in [3.63, 3.8) is 0 Å². The number of nitrogens with one attached hydrogen (secondary N) is 1. The summed E-state index contributed by atoms with van der Waals surface area (Å²) in [5.74, 6) is -0.340. The number of nitrogens with zero attached hydrogens (tertiary/aromatic N) is 1. The number of sulfonamides is 1. The zero-order valence-electron chi connectivity index (χ0n) is 12.0. The van der Waals surface area contributed by atoms with Gasteiger partial charge in [0.25, 0.3) is 15.9 Å². The normalized spacial score (nSPS) is 18.4. The third-order valence-corrected chi connectivity index (χ3v) is 5.35. The van der Waals surface area contributed by atoms with E-state index in [1.807, 2.05) is 6.92 Å². The molecular weight excluding hydrogens is 280 g/mol. The van der Waals surface area contributed by atoms with E-state index in [2.05, 4.69) is 5.32 Å². The van der Waals surface area contributed by atoms with Gasteiger partial charge in [0, 0.05) is 19.6 Å². The van der Waals surface area contributed by atoms with Crippen LogP contribution in [0.5, 0.6) is 0 Å². The Hall–Kier alpha value is -1.34. The summed E-state index contributed by atoms with van der Waals surface area (Å²) in [6.45, 7) is 2.00. The van der Waals surface area contributed by atoms with Crippen molar-refractivity contribution in [3.8, 4) is 0 Å². The van der Waals surface area contributed by atoms with E-state index in [0.29, 0.717) is 0 Å². The molecule has 0 spiro atoms. The van der Waals surface area contributed by atoms with Crippen LogP contribution in [-0.4, -0.2) is 38.3 Å². The molecule has 20 heavy (non-hydrogen) atoms. The summed E-state index contributed by atoms with van der Waals surface area (Å²) in [4.78, 5) is 12.1. The fourth-order valence-electron chi connectivity index (χ4n) is 2.38. The van der Waals surface area contributed by atoms with Crippen molar-refractivity contribution in [1.29, 1.82) is 0 Å². The van der Waals surface area contributed by atoms with Gasteiger partial charge in [-0.1, -0.05) is 12.8 Å². The maximum atomic E-state index is 12.1. The number of carbonyl (C=O) groups is 1. The molecule has 7 heteroatoms. The fraction of sp³-hybridized carbons (Fsp3) is 0.615. The molecule has 0 atom stereocenters. The molecule has 1 saturated carbocycles. The average Bonchev–Trinajstić information content (AvgIpc) is 2.97. The molecule has 6 nitrogen and oxygen atoms in total. The Morgan fingerprint density at radius 3 is 2.45 bits per heavy atom. The second-order valence-electron chi connectivity index (χ2n) is 5.63. The highest BCUT2D eigenvalue weighted by Crippen LogP contribution is 2.29. The van der Waals surface area contributed by atoms with E-state index in [9.17, 15) is 13.2 Å². The largest absolute Gasteiger partial charge is 0.438 e. The average molecular weight is 300 g/mol. The van der Waals surface area contributed by atoms with Gasteiger partial charge in [-0.05, 0) is 31.9 Å². The Balaban J connectivity index is 2.15. The monoisotopic (exact) mass is 300 g/mol. The summed E-state index contributed by atoms with van der Waals surface area (Å²) in [6.07, 6.45) is 4.05. The first kappa shape index (κ1) is 15.1. The highest BCUT2D eigenvalue weighted by atomic mass is 32.2. The first-order valence-corrected chi connectivity index (χ1v) is 8.03. The molecule has 0 bridgehead atoms. The minimum Gasteiger partial charge on any atom is -0.438 e. The summed E-state index contributed by atoms with van der Waals surface area (Å²) in [5.41, 5.74) is -0.218. The molecule has 0 saturated heterocycles. The van der Waals surface area contributed by atoms with Gasteiger partial charge in [-0.15, -0.1) is 0 Å². The van der Waals surface area contributed by atoms with Gasteiger partial charge in [-0.2, -0.15) is 0 Å². The predicted molar refractivity (Wildman–Crippen MR) is 73.9 cm³/mol. The zero-order valence-corrected chi connectivity index (χ0v) is 12.8. The van der Waals surface area contributed by atoms with Gasteiger partial charge in [0.1, 0.15) is 0 Å². The molecule has 0 unspecified atom stereocenters. The molecule has 1 aromatic rings. The van der Waals surface area contributed by atoms with Gasteiger partial charge in [0.05, 0.1) is 0 Å². The van der Waals surface area contributed by atoms with E-state index >= 15 is 0 Å². The Morgan fingerprint density at radius 2 is 1.90 bits per heavy atom. The van der Waals surface area contributed by atoms with Crippen molar-refractivity contribution in [2.24, 2.45) is 0 Å². The lowest BCUT2D eigenvalue weighted by molar-refractivity contribution is 0.0874. The Kier molecular flexibility index (Phi) is 3.93. The van der Waals surface area contributed by atoms with Crippen LogP contribution in [0.15, 0.2) is 21.6 Å². The second kappa shape index (κ2) is 5.21. The van der Waals surface area contributed by atoms with Crippen LogP contribution in [0.25, 0.3) is 0 Å². The lowest BCUT2D eigenvalue weighted by Crippen LogP contribution is -2.43. The van der Waals surface area contributed by atoms with Gasteiger partial charge in [-0.25, -0.2) is 12.7 Å². The number of rotatable bonds is 4. The Morgan fingerprint density at radius 1 is 1.30 bits per heavy atom. The standard InChI is InChI=1S/C13H20N2O4S/c1-13(8-4-5-9-13)14-12(16)10-6-7-11(19-10)20(17,18)15(2)3/h6-7H,4-5,8-9H2,1-3H3,(H,14,16). The van der Waals surface area contributed by atoms with Gasteiger partial charge in [-0.3, -0.25) is 4.79 Å². The van der Waals surface area contributed by atoms with Gasteiger partial charge >= 0.3 is 0 Å². The van der Waals surface area contributed by atoms with Crippen molar-refractivity contribution in [2.75, 3.05) is 14.1 Å². The molecule has 1 aliphatic rings. The quantitative estimate of drug-likeness (QED) is 0.916. The molecule has 1 fully saturated rings. The SMILES string of the molecule is CN(C)S(=O)(=O)c1ccc(C(=O)NC2(C)CCCC2)o1. The van der Waals surface area contributed by atoms with Crippen LogP contribution < -0.4 is 5.32 Å². The summed E-state index contributed by atoms with van der Waals surface area (Å²) in [6, 6.07) is 2.70. The minimum absolute atomic E-state index is 0.0264. The molecule has 1 N–H and O–H groups in total. The zero-order chi connectivity index (χ0) is 15.0. The number of hydrogen-bond donors (Lipinski definition) is 1. The van der Waals surface area contributed by atoms with E-state index in [4.69, 9.17) is 4.42 Å². The number of carbonyl (C=O) groups excluding carboxylic acids is 1. The Bertz CT molecular complexity index is 598. The van der Waals surface area contributed by atoms with E-state index in [1.165, 1.54) is 26.2 Å². The highest BCUT2D eigenvalue weighted by molar-refractivity contribution is 7.88. The van der Waals surface area contributed by atoms with Crippen LogP contribution in [0.4, 0.5) is 0 Å². The first-order chi connectivity index (χ1) is 9.24. The van der Waals surface area contributed by atoms with Crippen LogP contribution in [0, 0.1) is 0 Å². The van der Waals surface area contributed by atoms with Crippen molar-refractivity contribution >= 4 is 15.9 Å².